The molecule has 3 heteroatoms. The number of nitrogens with one attached hydrogen (secondary N) is 1. The molecule has 1 aliphatic carbocycles. The van der Waals surface area contributed by atoms with Crippen molar-refractivity contribution in [2.45, 2.75) is 45.6 Å². The molecule has 2 rings (SSSR count). The number of hydrogen-bond donors (Lipinski definition) is 2. The van der Waals surface area contributed by atoms with Gasteiger partial charge in [-0.3, -0.25) is 0 Å². The van der Waals surface area contributed by atoms with E-state index in [1.54, 1.807) is 0 Å². The predicted molar refractivity (Wildman–Crippen MR) is 82.9 cm³/mol. The van der Waals surface area contributed by atoms with Crippen LogP contribution in [0.3, 0.4) is 0 Å². The molecule has 0 radical (unpaired) electrons. The third-order valence-corrected chi connectivity index (χ3v) is 4.38. The summed E-state index contributed by atoms with van der Waals surface area (Å²) in [6.07, 6.45) is 6.04. The highest BCUT2D eigenvalue weighted by atomic mass is 16.5. The van der Waals surface area contributed by atoms with Gasteiger partial charge in [-0.05, 0) is 25.8 Å². The van der Waals surface area contributed by atoms with Crippen molar-refractivity contribution < 1.29 is 9.84 Å². The Morgan fingerprint density at radius 1 is 1.20 bits per heavy atom. The minimum absolute atomic E-state index is 0.0664. The SMILES string of the molecule is CCOCc1ccccc1NCC1(CO)CCCCC1. The average Bonchev–Trinajstić information content (AvgIpc) is 2.52. The molecule has 0 atom stereocenters. The molecular weight excluding hydrogens is 250 g/mol. The van der Waals surface area contributed by atoms with Gasteiger partial charge in [-0.15, -0.1) is 0 Å². The van der Waals surface area contributed by atoms with E-state index in [0.29, 0.717) is 6.61 Å². The fourth-order valence-corrected chi connectivity index (χ4v) is 3.01. The Hall–Kier alpha value is -1.06. The minimum Gasteiger partial charge on any atom is -0.396 e. The molecule has 0 spiro atoms. The smallest absolute Gasteiger partial charge is 0.0736 e. The highest BCUT2D eigenvalue weighted by molar-refractivity contribution is 5.51. The fourth-order valence-electron chi connectivity index (χ4n) is 3.01. The van der Waals surface area contributed by atoms with Crippen molar-refractivity contribution in [1.82, 2.24) is 0 Å². The Balaban J connectivity index is 1.98. The van der Waals surface area contributed by atoms with Gasteiger partial charge >= 0.3 is 0 Å². The number of aliphatic hydroxyl groups is 1. The van der Waals surface area contributed by atoms with Gasteiger partial charge in [0.1, 0.15) is 0 Å². The van der Waals surface area contributed by atoms with Gasteiger partial charge in [-0.2, -0.15) is 0 Å². The lowest BCUT2D eigenvalue weighted by molar-refractivity contribution is 0.0942. The van der Waals surface area contributed by atoms with Crippen LogP contribution in [0.2, 0.25) is 0 Å². The normalized spacial score (nSPS) is 17.9. The predicted octanol–water partition coefficient (Wildman–Crippen LogP) is 3.58. The second kappa shape index (κ2) is 7.65. The number of ether oxygens (including phenoxy) is 1. The quantitative estimate of drug-likeness (QED) is 0.800. The van der Waals surface area contributed by atoms with Crippen molar-refractivity contribution in [3.8, 4) is 0 Å². The molecule has 0 aromatic heterocycles. The van der Waals surface area contributed by atoms with E-state index in [-0.39, 0.29) is 12.0 Å². The molecule has 1 fully saturated rings. The van der Waals surface area contributed by atoms with Gasteiger partial charge in [0.05, 0.1) is 13.2 Å². The van der Waals surface area contributed by atoms with Crippen molar-refractivity contribution in [3.05, 3.63) is 29.8 Å². The van der Waals surface area contributed by atoms with Gasteiger partial charge in [0.15, 0.2) is 0 Å². The monoisotopic (exact) mass is 277 g/mol. The third-order valence-electron chi connectivity index (χ3n) is 4.38. The zero-order chi connectivity index (χ0) is 14.3. The van der Waals surface area contributed by atoms with Gasteiger partial charge in [0.2, 0.25) is 0 Å². The summed E-state index contributed by atoms with van der Waals surface area (Å²) < 4.78 is 5.51. The Morgan fingerprint density at radius 3 is 2.65 bits per heavy atom. The summed E-state index contributed by atoms with van der Waals surface area (Å²) in [6, 6.07) is 8.29. The molecule has 0 saturated heterocycles. The van der Waals surface area contributed by atoms with Crippen LogP contribution in [0.25, 0.3) is 0 Å². The highest BCUT2D eigenvalue weighted by Gasteiger charge is 2.31. The van der Waals surface area contributed by atoms with Gasteiger partial charge < -0.3 is 15.2 Å². The van der Waals surface area contributed by atoms with E-state index < -0.39 is 0 Å². The van der Waals surface area contributed by atoms with Gasteiger partial charge in [-0.1, -0.05) is 37.5 Å². The first-order valence-electron chi connectivity index (χ1n) is 7.80. The van der Waals surface area contributed by atoms with E-state index in [1.807, 2.05) is 19.1 Å². The zero-order valence-electron chi connectivity index (χ0n) is 12.5. The third kappa shape index (κ3) is 3.97. The molecule has 0 bridgehead atoms. The second-order valence-corrected chi connectivity index (χ2v) is 5.87. The number of para-hydroxylation sites is 1. The molecule has 112 valence electrons. The van der Waals surface area contributed by atoms with Crippen LogP contribution in [-0.2, 0) is 11.3 Å². The largest absolute Gasteiger partial charge is 0.396 e. The molecule has 2 N–H and O–H groups in total. The van der Waals surface area contributed by atoms with Crippen LogP contribution < -0.4 is 5.32 Å². The molecular formula is C17H27NO2. The molecule has 20 heavy (non-hydrogen) atoms. The Morgan fingerprint density at radius 2 is 1.95 bits per heavy atom. The fraction of sp³-hybridized carbons (Fsp3) is 0.647. The van der Waals surface area contributed by atoms with E-state index in [9.17, 15) is 5.11 Å². The molecule has 0 amide bonds. The molecule has 0 heterocycles. The van der Waals surface area contributed by atoms with Crippen LogP contribution in [0, 0.1) is 5.41 Å². The lowest BCUT2D eigenvalue weighted by Crippen LogP contribution is -2.35. The molecule has 1 aliphatic rings. The van der Waals surface area contributed by atoms with Crippen molar-refractivity contribution in [1.29, 1.82) is 0 Å². The molecule has 0 unspecified atom stereocenters. The highest BCUT2D eigenvalue weighted by Crippen LogP contribution is 2.36. The Bertz CT molecular complexity index is 400. The zero-order valence-corrected chi connectivity index (χ0v) is 12.5. The Kier molecular flexibility index (Phi) is 5.86. The van der Waals surface area contributed by atoms with E-state index >= 15 is 0 Å². The lowest BCUT2D eigenvalue weighted by atomic mass is 9.74. The summed E-state index contributed by atoms with van der Waals surface area (Å²) in [6.45, 7) is 4.53. The summed E-state index contributed by atoms with van der Waals surface area (Å²) in [5, 5.41) is 13.3. The Labute approximate surface area is 122 Å². The maximum Gasteiger partial charge on any atom is 0.0736 e. The number of benzene rings is 1. The lowest BCUT2D eigenvalue weighted by Gasteiger charge is -2.36. The van der Waals surface area contributed by atoms with E-state index in [4.69, 9.17) is 4.74 Å². The standard InChI is InChI=1S/C17H27NO2/c1-2-20-12-15-8-4-5-9-16(15)18-13-17(14-19)10-6-3-7-11-17/h4-5,8-9,18-19H,2-3,6-7,10-14H2,1H3. The van der Waals surface area contributed by atoms with E-state index in [0.717, 1.165) is 31.7 Å². The van der Waals surface area contributed by atoms with Crippen molar-refractivity contribution >= 4 is 5.69 Å². The van der Waals surface area contributed by atoms with E-state index in [1.165, 1.54) is 24.8 Å². The maximum absolute atomic E-state index is 9.77. The summed E-state index contributed by atoms with van der Waals surface area (Å²) >= 11 is 0. The maximum atomic E-state index is 9.77. The van der Waals surface area contributed by atoms with Gasteiger partial charge in [0.25, 0.3) is 0 Å². The number of aliphatic hydroxyl groups excluding tert-OH is 1. The first kappa shape index (κ1) is 15.3. The summed E-state index contributed by atoms with van der Waals surface area (Å²) in [5.74, 6) is 0. The van der Waals surface area contributed by atoms with Crippen LogP contribution in [0.15, 0.2) is 24.3 Å². The first-order chi connectivity index (χ1) is 9.79. The summed E-state index contributed by atoms with van der Waals surface area (Å²) in [7, 11) is 0. The topological polar surface area (TPSA) is 41.5 Å². The van der Waals surface area contributed by atoms with Gasteiger partial charge in [-0.25, -0.2) is 0 Å². The second-order valence-electron chi connectivity index (χ2n) is 5.87. The van der Waals surface area contributed by atoms with E-state index in [2.05, 4.69) is 17.4 Å². The van der Waals surface area contributed by atoms with Crippen molar-refractivity contribution in [3.63, 3.8) is 0 Å². The van der Waals surface area contributed by atoms with Gasteiger partial charge in [0, 0.05) is 29.8 Å². The number of rotatable bonds is 7. The summed E-state index contributed by atoms with van der Waals surface area (Å²) in [4.78, 5) is 0. The van der Waals surface area contributed by atoms with Crippen LogP contribution >= 0.6 is 0 Å². The minimum atomic E-state index is 0.0664. The molecule has 0 aliphatic heterocycles. The molecule has 1 saturated carbocycles. The van der Waals surface area contributed by atoms with Crippen LogP contribution in [0.5, 0.6) is 0 Å². The van der Waals surface area contributed by atoms with Crippen molar-refractivity contribution in [2.24, 2.45) is 5.41 Å². The van der Waals surface area contributed by atoms with Crippen LogP contribution in [0.4, 0.5) is 5.69 Å². The first-order valence-corrected chi connectivity index (χ1v) is 7.80. The molecule has 1 aromatic carbocycles. The van der Waals surface area contributed by atoms with Crippen molar-refractivity contribution in [2.75, 3.05) is 25.1 Å². The molecule has 3 nitrogen and oxygen atoms in total. The molecule has 1 aromatic rings. The average molecular weight is 277 g/mol. The number of hydrogen-bond acceptors (Lipinski definition) is 3. The summed E-state index contributed by atoms with van der Waals surface area (Å²) in [5.41, 5.74) is 2.40. The van der Waals surface area contributed by atoms with Crippen LogP contribution in [0.1, 0.15) is 44.6 Å². The van der Waals surface area contributed by atoms with Crippen LogP contribution in [-0.4, -0.2) is 24.9 Å². The number of anilines is 1.